The molecule has 0 fully saturated rings. The molecular formula is C15H23Cl2N3O5S. The molecule has 0 spiro atoms. The van der Waals surface area contributed by atoms with Crippen molar-refractivity contribution in [1.82, 2.24) is 9.62 Å². The average molecular weight is 428 g/mol. The number of carbonyl (C=O) groups is 2. The summed E-state index contributed by atoms with van der Waals surface area (Å²) >= 11 is 5.94. The van der Waals surface area contributed by atoms with Gasteiger partial charge in [-0.2, -0.15) is 0 Å². The van der Waals surface area contributed by atoms with Crippen molar-refractivity contribution in [2.75, 3.05) is 26.0 Å². The van der Waals surface area contributed by atoms with Gasteiger partial charge in [0.2, 0.25) is 15.9 Å². The van der Waals surface area contributed by atoms with Gasteiger partial charge in [-0.3, -0.25) is 14.9 Å². The molecule has 1 aromatic carbocycles. The molecule has 1 atom stereocenters. The summed E-state index contributed by atoms with van der Waals surface area (Å²) in [6.07, 6.45) is 1.06. The molecule has 148 valence electrons. The van der Waals surface area contributed by atoms with E-state index in [1.165, 1.54) is 32.3 Å². The van der Waals surface area contributed by atoms with Crippen molar-refractivity contribution >= 4 is 51.6 Å². The van der Waals surface area contributed by atoms with Crippen molar-refractivity contribution in [2.24, 2.45) is 0 Å². The smallest absolute Gasteiger partial charge is 0.320 e. The van der Waals surface area contributed by atoms with E-state index in [1.54, 1.807) is 0 Å². The number of aliphatic carboxylic acids is 1. The van der Waals surface area contributed by atoms with E-state index in [1.807, 2.05) is 6.92 Å². The summed E-state index contributed by atoms with van der Waals surface area (Å²) in [6, 6.07) is 3.29. The summed E-state index contributed by atoms with van der Waals surface area (Å²) in [7, 11) is -1.00. The summed E-state index contributed by atoms with van der Waals surface area (Å²) in [5, 5.41) is 14.2. The maximum absolute atomic E-state index is 12.2. The highest BCUT2D eigenvalue weighted by Gasteiger charge is 2.22. The van der Waals surface area contributed by atoms with Crippen molar-refractivity contribution in [2.45, 2.75) is 30.7 Å². The fourth-order valence-corrected chi connectivity index (χ4v) is 3.39. The Morgan fingerprint density at radius 2 is 1.92 bits per heavy atom. The Morgan fingerprint density at radius 1 is 1.31 bits per heavy atom. The standard InChI is InChI=1S/C15H22ClN3O5S.ClH/c1-4-5-12(15(21)22)17-9-14(20)18-10-6-7-11(16)13(8-10)25(23,24)19(2)3;/h6-8,12,17H,4-5,9H2,1-3H3,(H,18,20)(H,21,22);1H. The first kappa shape index (κ1) is 24.6. The highest BCUT2D eigenvalue weighted by Crippen LogP contribution is 2.26. The number of benzene rings is 1. The molecule has 0 saturated heterocycles. The van der Waals surface area contributed by atoms with Gasteiger partial charge in [-0.25, -0.2) is 12.7 Å². The molecule has 0 aliphatic rings. The number of carboxylic acids is 1. The summed E-state index contributed by atoms with van der Waals surface area (Å²) in [5.74, 6) is -1.52. The first-order chi connectivity index (χ1) is 11.6. The van der Waals surface area contributed by atoms with Crippen molar-refractivity contribution in [3.8, 4) is 0 Å². The van der Waals surface area contributed by atoms with Crippen LogP contribution in [-0.2, 0) is 19.6 Å². The van der Waals surface area contributed by atoms with Crippen LogP contribution in [0.15, 0.2) is 23.1 Å². The van der Waals surface area contributed by atoms with Crippen LogP contribution in [0, 0.1) is 0 Å². The molecule has 0 saturated carbocycles. The van der Waals surface area contributed by atoms with Crippen LogP contribution >= 0.6 is 24.0 Å². The molecule has 0 heterocycles. The summed E-state index contributed by atoms with van der Waals surface area (Å²) in [4.78, 5) is 22.9. The number of hydrogen-bond donors (Lipinski definition) is 3. The minimum atomic E-state index is -3.75. The average Bonchev–Trinajstić information content (AvgIpc) is 2.52. The predicted molar refractivity (Wildman–Crippen MR) is 103 cm³/mol. The van der Waals surface area contributed by atoms with E-state index in [9.17, 15) is 18.0 Å². The number of carboxylic acid groups (broad SMARTS) is 1. The quantitative estimate of drug-likeness (QED) is 0.553. The van der Waals surface area contributed by atoms with E-state index < -0.39 is 27.9 Å². The minimum Gasteiger partial charge on any atom is -0.480 e. The predicted octanol–water partition coefficient (Wildman–Crippen LogP) is 1.79. The molecule has 26 heavy (non-hydrogen) atoms. The molecule has 0 radical (unpaired) electrons. The molecule has 11 heteroatoms. The van der Waals surface area contributed by atoms with Crippen LogP contribution in [0.4, 0.5) is 5.69 Å². The fourth-order valence-electron chi connectivity index (χ4n) is 2.00. The van der Waals surface area contributed by atoms with Gasteiger partial charge in [0.05, 0.1) is 11.6 Å². The van der Waals surface area contributed by atoms with Crippen molar-refractivity contribution in [1.29, 1.82) is 0 Å². The Morgan fingerprint density at radius 3 is 2.42 bits per heavy atom. The SMILES string of the molecule is CCCC(NCC(=O)Nc1ccc(Cl)c(S(=O)(=O)N(C)C)c1)C(=O)O.Cl. The van der Waals surface area contributed by atoms with Crippen LogP contribution in [-0.4, -0.2) is 56.4 Å². The van der Waals surface area contributed by atoms with Crippen LogP contribution in [0.3, 0.4) is 0 Å². The maximum atomic E-state index is 12.2. The highest BCUT2D eigenvalue weighted by molar-refractivity contribution is 7.89. The largest absolute Gasteiger partial charge is 0.480 e. The Balaban J connectivity index is 0.00000625. The van der Waals surface area contributed by atoms with Gasteiger partial charge in [-0.1, -0.05) is 24.9 Å². The molecule has 1 unspecified atom stereocenters. The van der Waals surface area contributed by atoms with E-state index >= 15 is 0 Å². The zero-order chi connectivity index (χ0) is 19.2. The van der Waals surface area contributed by atoms with E-state index in [0.717, 1.165) is 4.31 Å². The number of amides is 1. The van der Waals surface area contributed by atoms with Crippen LogP contribution in [0.1, 0.15) is 19.8 Å². The molecule has 0 bridgehead atoms. The molecular weight excluding hydrogens is 405 g/mol. The third kappa shape index (κ3) is 6.73. The van der Waals surface area contributed by atoms with Gasteiger partial charge in [-0.15, -0.1) is 12.4 Å². The van der Waals surface area contributed by atoms with E-state index in [0.29, 0.717) is 12.8 Å². The Bertz CT molecular complexity index is 741. The monoisotopic (exact) mass is 427 g/mol. The number of halogens is 2. The topological polar surface area (TPSA) is 116 Å². The lowest BCUT2D eigenvalue weighted by Crippen LogP contribution is -2.41. The molecule has 0 aliphatic heterocycles. The van der Waals surface area contributed by atoms with E-state index in [2.05, 4.69) is 10.6 Å². The van der Waals surface area contributed by atoms with Crippen molar-refractivity contribution in [3.05, 3.63) is 23.2 Å². The van der Waals surface area contributed by atoms with Crippen molar-refractivity contribution < 1.29 is 23.1 Å². The normalized spacial score (nSPS) is 12.3. The highest BCUT2D eigenvalue weighted by atomic mass is 35.5. The van der Waals surface area contributed by atoms with Gasteiger partial charge in [0.15, 0.2) is 0 Å². The second kappa shape index (κ2) is 10.7. The number of nitrogens with zero attached hydrogens (tertiary/aromatic N) is 1. The third-order valence-electron chi connectivity index (χ3n) is 3.36. The number of nitrogens with one attached hydrogen (secondary N) is 2. The van der Waals surface area contributed by atoms with Crippen molar-refractivity contribution in [3.63, 3.8) is 0 Å². The van der Waals surface area contributed by atoms with E-state index in [-0.39, 0.29) is 34.6 Å². The second-order valence-corrected chi connectivity index (χ2v) is 8.07. The summed E-state index contributed by atoms with van der Waals surface area (Å²) < 4.78 is 25.4. The molecule has 1 rings (SSSR count). The lowest BCUT2D eigenvalue weighted by Gasteiger charge is -2.15. The first-order valence-corrected chi connectivity index (χ1v) is 9.39. The zero-order valence-corrected chi connectivity index (χ0v) is 17.0. The van der Waals surface area contributed by atoms with Gasteiger partial charge in [0.25, 0.3) is 0 Å². The molecule has 1 aromatic rings. The third-order valence-corrected chi connectivity index (χ3v) is 5.65. The van der Waals surface area contributed by atoms with Crippen LogP contribution in [0.25, 0.3) is 0 Å². The number of anilines is 1. The number of carbonyl (C=O) groups excluding carboxylic acids is 1. The molecule has 1 amide bonds. The van der Waals surface area contributed by atoms with Crippen LogP contribution < -0.4 is 10.6 Å². The second-order valence-electron chi connectivity index (χ2n) is 5.54. The maximum Gasteiger partial charge on any atom is 0.320 e. The number of sulfonamides is 1. The summed E-state index contributed by atoms with van der Waals surface area (Å²) in [5.41, 5.74) is 0.249. The number of hydrogen-bond acceptors (Lipinski definition) is 5. The fraction of sp³-hybridized carbons (Fsp3) is 0.467. The van der Waals surface area contributed by atoms with E-state index in [4.69, 9.17) is 16.7 Å². The molecule has 3 N–H and O–H groups in total. The Kier molecular flexibility index (Phi) is 10.1. The zero-order valence-electron chi connectivity index (χ0n) is 14.7. The molecule has 0 aromatic heterocycles. The lowest BCUT2D eigenvalue weighted by atomic mass is 10.2. The van der Waals surface area contributed by atoms with Gasteiger partial charge < -0.3 is 10.4 Å². The van der Waals surface area contributed by atoms with Gasteiger partial charge in [-0.05, 0) is 24.6 Å². The minimum absolute atomic E-state index is 0. The van der Waals surface area contributed by atoms with Crippen LogP contribution in [0.2, 0.25) is 5.02 Å². The van der Waals surface area contributed by atoms with Gasteiger partial charge in [0.1, 0.15) is 10.9 Å². The number of rotatable bonds is 9. The lowest BCUT2D eigenvalue weighted by molar-refractivity contribution is -0.139. The van der Waals surface area contributed by atoms with Gasteiger partial charge in [0, 0.05) is 19.8 Å². The molecule has 8 nitrogen and oxygen atoms in total. The van der Waals surface area contributed by atoms with Crippen LogP contribution in [0.5, 0.6) is 0 Å². The van der Waals surface area contributed by atoms with Gasteiger partial charge >= 0.3 is 5.97 Å². The Labute approximate surface area is 164 Å². The Hall–Kier alpha value is -1.39. The molecule has 0 aliphatic carbocycles. The summed E-state index contributed by atoms with van der Waals surface area (Å²) in [6.45, 7) is 1.63. The first-order valence-electron chi connectivity index (χ1n) is 7.57.